The van der Waals surface area contributed by atoms with Crippen molar-refractivity contribution in [1.82, 2.24) is 15.5 Å². The lowest BCUT2D eigenvalue weighted by Gasteiger charge is -2.36. The highest BCUT2D eigenvalue weighted by molar-refractivity contribution is 5.88. The normalized spacial score (nSPS) is 27.4. The summed E-state index contributed by atoms with van der Waals surface area (Å²) in [5.41, 5.74) is 0. The maximum Gasteiger partial charge on any atom is 0.245 e. The summed E-state index contributed by atoms with van der Waals surface area (Å²) >= 11 is 0. The Morgan fingerprint density at radius 2 is 1.95 bits per heavy atom. The van der Waals surface area contributed by atoms with Crippen LogP contribution in [0.15, 0.2) is 0 Å². The second-order valence-corrected chi connectivity index (χ2v) is 6.36. The Morgan fingerprint density at radius 1 is 1.19 bits per heavy atom. The van der Waals surface area contributed by atoms with Gasteiger partial charge < -0.3 is 20.3 Å². The molecule has 1 saturated carbocycles. The molecule has 3 aliphatic rings. The molecular formula is C15H25N3O3. The van der Waals surface area contributed by atoms with Crippen molar-refractivity contribution in [1.29, 1.82) is 0 Å². The van der Waals surface area contributed by atoms with Crippen LogP contribution in [-0.4, -0.2) is 61.6 Å². The lowest BCUT2D eigenvalue weighted by atomic mass is 9.93. The lowest BCUT2D eigenvalue weighted by Crippen LogP contribution is -2.56. The van der Waals surface area contributed by atoms with Gasteiger partial charge in [0.15, 0.2) is 0 Å². The number of carbonyl (C=O) groups excluding carboxylic acids is 2. The number of carbonyl (C=O) groups is 2. The van der Waals surface area contributed by atoms with E-state index in [-0.39, 0.29) is 11.8 Å². The molecule has 2 aliphatic heterocycles. The van der Waals surface area contributed by atoms with Gasteiger partial charge in [0.2, 0.25) is 11.8 Å². The molecule has 21 heavy (non-hydrogen) atoms. The van der Waals surface area contributed by atoms with Crippen molar-refractivity contribution in [3.8, 4) is 0 Å². The van der Waals surface area contributed by atoms with Crippen molar-refractivity contribution in [2.24, 2.45) is 5.92 Å². The van der Waals surface area contributed by atoms with Gasteiger partial charge in [-0.1, -0.05) is 0 Å². The third-order valence-electron chi connectivity index (χ3n) is 4.60. The summed E-state index contributed by atoms with van der Waals surface area (Å²) in [5.74, 6) is 0.519. The Kier molecular flexibility index (Phi) is 4.75. The third kappa shape index (κ3) is 3.95. The Labute approximate surface area is 125 Å². The fourth-order valence-electron chi connectivity index (χ4n) is 3.09. The van der Waals surface area contributed by atoms with Gasteiger partial charge in [-0.05, 0) is 44.7 Å². The summed E-state index contributed by atoms with van der Waals surface area (Å²) in [6.45, 7) is 3.38. The predicted molar refractivity (Wildman–Crippen MR) is 77.7 cm³/mol. The smallest absolute Gasteiger partial charge is 0.245 e. The van der Waals surface area contributed by atoms with E-state index in [1.165, 1.54) is 0 Å². The van der Waals surface area contributed by atoms with Crippen LogP contribution >= 0.6 is 0 Å². The van der Waals surface area contributed by atoms with Crippen LogP contribution in [0.3, 0.4) is 0 Å². The van der Waals surface area contributed by atoms with E-state index in [0.29, 0.717) is 38.1 Å². The molecule has 2 saturated heterocycles. The van der Waals surface area contributed by atoms with E-state index in [4.69, 9.17) is 4.74 Å². The zero-order valence-corrected chi connectivity index (χ0v) is 12.5. The summed E-state index contributed by atoms with van der Waals surface area (Å²) in [4.78, 5) is 26.6. The minimum absolute atomic E-state index is 0.0455. The number of amides is 2. The maximum atomic E-state index is 12.6. The summed E-state index contributed by atoms with van der Waals surface area (Å²) in [7, 11) is 0. The molecule has 3 fully saturated rings. The molecule has 2 heterocycles. The van der Waals surface area contributed by atoms with Gasteiger partial charge in [0.25, 0.3) is 0 Å². The number of hydrogen-bond acceptors (Lipinski definition) is 4. The first-order valence-electron chi connectivity index (χ1n) is 8.12. The fourth-order valence-corrected chi connectivity index (χ4v) is 3.09. The molecule has 2 N–H and O–H groups in total. The van der Waals surface area contributed by atoms with E-state index in [1.807, 2.05) is 0 Å². The molecule has 0 aromatic carbocycles. The first-order valence-corrected chi connectivity index (χ1v) is 8.12. The number of nitrogens with one attached hydrogen (secondary N) is 2. The van der Waals surface area contributed by atoms with Crippen LogP contribution in [-0.2, 0) is 14.3 Å². The highest BCUT2D eigenvalue weighted by Crippen LogP contribution is 2.21. The summed E-state index contributed by atoms with van der Waals surface area (Å²) in [5, 5.41) is 6.30. The highest BCUT2D eigenvalue weighted by atomic mass is 16.5. The predicted octanol–water partition coefficient (Wildman–Crippen LogP) is -0.118. The van der Waals surface area contributed by atoms with Crippen LogP contribution in [0, 0.1) is 5.92 Å². The van der Waals surface area contributed by atoms with E-state index < -0.39 is 6.04 Å². The molecule has 0 spiro atoms. The van der Waals surface area contributed by atoms with Gasteiger partial charge in [0.05, 0.1) is 13.2 Å². The zero-order chi connectivity index (χ0) is 14.7. The molecule has 6 nitrogen and oxygen atoms in total. The zero-order valence-electron chi connectivity index (χ0n) is 12.5. The molecule has 1 atom stereocenters. The van der Waals surface area contributed by atoms with Crippen LogP contribution in [0.4, 0.5) is 0 Å². The van der Waals surface area contributed by atoms with Gasteiger partial charge in [-0.25, -0.2) is 0 Å². The monoisotopic (exact) mass is 295 g/mol. The molecule has 0 radical (unpaired) electrons. The largest absolute Gasteiger partial charge is 0.377 e. The maximum absolute atomic E-state index is 12.6. The Balaban J connectivity index is 1.56. The number of hydrogen-bond donors (Lipinski definition) is 2. The Bertz CT molecular complexity index is 392. The standard InChI is InChI=1S/C15H25N3O3/c19-14(9-11-3-5-16-6-4-11)18-7-8-21-10-13(18)15(20)17-12-1-2-12/h11-13,16H,1-10H2,(H,17,20). The Hall–Kier alpha value is -1.14. The van der Waals surface area contributed by atoms with Crippen molar-refractivity contribution in [3.63, 3.8) is 0 Å². The van der Waals surface area contributed by atoms with Gasteiger partial charge in [0.1, 0.15) is 6.04 Å². The topological polar surface area (TPSA) is 70.7 Å². The third-order valence-corrected chi connectivity index (χ3v) is 4.60. The molecule has 0 aromatic rings. The van der Waals surface area contributed by atoms with E-state index in [2.05, 4.69) is 10.6 Å². The molecule has 3 rings (SSSR count). The van der Waals surface area contributed by atoms with Gasteiger partial charge in [-0.3, -0.25) is 9.59 Å². The van der Waals surface area contributed by atoms with Crippen LogP contribution in [0.5, 0.6) is 0 Å². The van der Waals surface area contributed by atoms with Gasteiger partial charge in [-0.2, -0.15) is 0 Å². The van der Waals surface area contributed by atoms with Crippen molar-refractivity contribution < 1.29 is 14.3 Å². The number of nitrogens with zero attached hydrogens (tertiary/aromatic N) is 1. The summed E-state index contributed by atoms with van der Waals surface area (Å²) in [6.07, 6.45) is 4.78. The average Bonchev–Trinajstić information content (AvgIpc) is 3.32. The second-order valence-electron chi connectivity index (χ2n) is 6.36. The van der Waals surface area contributed by atoms with E-state index in [9.17, 15) is 9.59 Å². The molecule has 2 amide bonds. The first-order chi connectivity index (χ1) is 10.2. The van der Waals surface area contributed by atoms with Crippen LogP contribution in [0.1, 0.15) is 32.1 Å². The quantitative estimate of drug-likeness (QED) is 0.759. The first kappa shape index (κ1) is 14.8. The molecule has 118 valence electrons. The molecule has 0 aromatic heterocycles. The van der Waals surface area contributed by atoms with Crippen LogP contribution in [0.2, 0.25) is 0 Å². The van der Waals surface area contributed by atoms with E-state index >= 15 is 0 Å². The van der Waals surface area contributed by atoms with Crippen LogP contribution < -0.4 is 10.6 Å². The summed E-state index contributed by atoms with van der Waals surface area (Å²) in [6, 6.07) is -0.116. The number of morpholine rings is 1. The average molecular weight is 295 g/mol. The fraction of sp³-hybridized carbons (Fsp3) is 0.867. The van der Waals surface area contributed by atoms with E-state index in [0.717, 1.165) is 38.8 Å². The second kappa shape index (κ2) is 6.75. The highest BCUT2D eigenvalue weighted by Gasteiger charge is 2.36. The number of ether oxygens (including phenoxy) is 1. The van der Waals surface area contributed by atoms with Gasteiger partial charge in [0, 0.05) is 19.0 Å². The molecule has 0 bridgehead atoms. The van der Waals surface area contributed by atoms with E-state index in [1.54, 1.807) is 4.90 Å². The SMILES string of the molecule is O=C(NC1CC1)C1COCCN1C(=O)CC1CCNCC1. The van der Waals surface area contributed by atoms with Crippen molar-refractivity contribution in [2.75, 3.05) is 32.8 Å². The number of rotatable bonds is 4. The van der Waals surface area contributed by atoms with Crippen LogP contribution in [0.25, 0.3) is 0 Å². The Morgan fingerprint density at radius 3 is 2.67 bits per heavy atom. The number of piperidine rings is 1. The van der Waals surface area contributed by atoms with Crippen molar-refractivity contribution in [2.45, 2.75) is 44.2 Å². The summed E-state index contributed by atoms with van der Waals surface area (Å²) < 4.78 is 5.41. The molecule has 1 unspecified atom stereocenters. The van der Waals surface area contributed by atoms with Gasteiger partial charge >= 0.3 is 0 Å². The minimum atomic E-state index is -0.437. The molecule has 1 aliphatic carbocycles. The lowest BCUT2D eigenvalue weighted by molar-refractivity contribution is -0.149. The van der Waals surface area contributed by atoms with Crippen molar-refractivity contribution in [3.05, 3.63) is 0 Å². The molecular weight excluding hydrogens is 270 g/mol. The van der Waals surface area contributed by atoms with Crippen molar-refractivity contribution >= 4 is 11.8 Å². The van der Waals surface area contributed by atoms with Gasteiger partial charge in [-0.15, -0.1) is 0 Å². The minimum Gasteiger partial charge on any atom is -0.377 e. The molecule has 6 heteroatoms.